The van der Waals surface area contributed by atoms with E-state index in [9.17, 15) is 14.4 Å². The summed E-state index contributed by atoms with van der Waals surface area (Å²) in [5, 5.41) is 0. The van der Waals surface area contributed by atoms with E-state index >= 15 is 0 Å². The molecule has 1 saturated carbocycles. The number of aromatic nitrogens is 2. The van der Waals surface area contributed by atoms with Crippen molar-refractivity contribution in [1.82, 2.24) is 14.5 Å². The zero-order valence-electron chi connectivity index (χ0n) is 18.8. The fraction of sp³-hybridized carbons (Fsp3) is 0.500. The SMILES string of the molecule is CCOC(=O)c1c(C)c(C(=O)CN(Cc2cccnc2)C(=O)C2CCCC2)c(C)n1C. The molecule has 166 valence electrons. The van der Waals surface area contributed by atoms with E-state index in [4.69, 9.17) is 4.74 Å². The van der Waals surface area contributed by atoms with Gasteiger partial charge in [0.15, 0.2) is 5.78 Å². The van der Waals surface area contributed by atoms with Crippen molar-refractivity contribution in [3.63, 3.8) is 0 Å². The molecule has 0 saturated heterocycles. The molecule has 2 aromatic rings. The Morgan fingerprint density at radius 3 is 2.55 bits per heavy atom. The van der Waals surface area contributed by atoms with Crippen molar-refractivity contribution in [1.29, 1.82) is 0 Å². The first kappa shape index (κ1) is 22.7. The van der Waals surface area contributed by atoms with Crippen LogP contribution in [0.4, 0.5) is 0 Å². The maximum atomic E-state index is 13.4. The second kappa shape index (κ2) is 9.90. The molecule has 0 aliphatic heterocycles. The second-order valence-corrected chi connectivity index (χ2v) is 8.17. The summed E-state index contributed by atoms with van der Waals surface area (Å²) < 4.78 is 6.86. The minimum Gasteiger partial charge on any atom is -0.461 e. The Balaban J connectivity index is 1.88. The molecule has 0 radical (unpaired) electrons. The number of carbonyl (C=O) groups is 3. The number of carbonyl (C=O) groups excluding carboxylic acids is 3. The van der Waals surface area contributed by atoms with Crippen molar-refractivity contribution in [2.24, 2.45) is 13.0 Å². The summed E-state index contributed by atoms with van der Waals surface area (Å²) in [6.45, 7) is 5.90. The van der Waals surface area contributed by atoms with Crippen LogP contribution < -0.4 is 0 Å². The van der Waals surface area contributed by atoms with E-state index in [0.717, 1.165) is 31.2 Å². The summed E-state index contributed by atoms with van der Waals surface area (Å²) in [5.74, 6) is -0.626. The second-order valence-electron chi connectivity index (χ2n) is 8.17. The van der Waals surface area contributed by atoms with E-state index in [-0.39, 0.29) is 30.8 Å². The topological polar surface area (TPSA) is 81.5 Å². The summed E-state index contributed by atoms with van der Waals surface area (Å²) >= 11 is 0. The van der Waals surface area contributed by atoms with Crippen molar-refractivity contribution in [3.8, 4) is 0 Å². The fourth-order valence-corrected chi connectivity index (χ4v) is 4.48. The number of Topliss-reactive ketones (excluding diaryl/α,β-unsaturated/α-hetero) is 1. The Labute approximate surface area is 183 Å². The van der Waals surface area contributed by atoms with Crippen molar-refractivity contribution < 1.29 is 19.1 Å². The van der Waals surface area contributed by atoms with Gasteiger partial charge in [-0.05, 0) is 50.8 Å². The fourth-order valence-electron chi connectivity index (χ4n) is 4.48. The number of esters is 1. The smallest absolute Gasteiger partial charge is 0.355 e. The van der Waals surface area contributed by atoms with Gasteiger partial charge >= 0.3 is 5.97 Å². The van der Waals surface area contributed by atoms with Crippen LogP contribution in [0, 0.1) is 19.8 Å². The van der Waals surface area contributed by atoms with Gasteiger partial charge in [0.05, 0.1) is 13.2 Å². The minimum absolute atomic E-state index is 0.0200. The van der Waals surface area contributed by atoms with Crippen LogP contribution >= 0.6 is 0 Å². The zero-order chi connectivity index (χ0) is 22.5. The van der Waals surface area contributed by atoms with Crippen molar-refractivity contribution in [3.05, 3.63) is 52.6 Å². The first-order valence-electron chi connectivity index (χ1n) is 10.9. The largest absolute Gasteiger partial charge is 0.461 e. The van der Waals surface area contributed by atoms with Crippen molar-refractivity contribution in [2.75, 3.05) is 13.2 Å². The van der Waals surface area contributed by atoms with Crippen LogP contribution in [0.3, 0.4) is 0 Å². The maximum Gasteiger partial charge on any atom is 0.355 e. The Bertz CT molecular complexity index is 959. The molecular weight excluding hydrogens is 394 g/mol. The molecule has 7 heteroatoms. The van der Waals surface area contributed by atoms with Crippen LogP contribution in [0.25, 0.3) is 0 Å². The lowest BCUT2D eigenvalue weighted by Gasteiger charge is -2.25. The Hall–Kier alpha value is -2.96. The number of hydrogen-bond acceptors (Lipinski definition) is 5. The van der Waals surface area contributed by atoms with E-state index in [0.29, 0.717) is 29.1 Å². The molecular formula is C24H31N3O4. The quantitative estimate of drug-likeness (QED) is 0.477. The average molecular weight is 426 g/mol. The van der Waals surface area contributed by atoms with Gasteiger partial charge in [0.25, 0.3) is 0 Å². The van der Waals surface area contributed by atoms with Gasteiger partial charge in [-0.1, -0.05) is 18.9 Å². The zero-order valence-corrected chi connectivity index (χ0v) is 18.8. The van der Waals surface area contributed by atoms with Gasteiger partial charge in [-0.25, -0.2) is 4.79 Å². The van der Waals surface area contributed by atoms with Crippen LogP contribution in [-0.4, -0.2) is 45.3 Å². The lowest BCUT2D eigenvalue weighted by Crippen LogP contribution is -2.39. The minimum atomic E-state index is -0.445. The van der Waals surface area contributed by atoms with Gasteiger partial charge < -0.3 is 14.2 Å². The number of rotatable bonds is 8. The van der Waals surface area contributed by atoms with E-state index < -0.39 is 5.97 Å². The third-order valence-electron chi connectivity index (χ3n) is 6.12. The predicted molar refractivity (Wildman–Crippen MR) is 117 cm³/mol. The third kappa shape index (κ3) is 4.86. The number of amides is 1. The number of ketones is 1. The predicted octanol–water partition coefficient (Wildman–Crippen LogP) is 3.62. The third-order valence-corrected chi connectivity index (χ3v) is 6.12. The van der Waals surface area contributed by atoms with Gasteiger partial charge in [0.2, 0.25) is 5.91 Å². The van der Waals surface area contributed by atoms with Crippen LogP contribution in [0.5, 0.6) is 0 Å². The van der Waals surface area contributed by atoms with Gasteiger partial charge in [-0.3, -0.25) is 14.6 Å². The summed E-state index contributed by atoms with van der Waals surface area (Å²) in [7, 11) is 1.75. The van der Waals surface area contributed by atoms with Gasteiger partial charge in [-0.15, -0.1) is 0 Å². The molecule has 1 amide bonds. The van der Waals surface area contributed by atoms with Crippen LogP contribution in [0.15, 0.2) is 24.5 Å². The Morgan fingerprint density at radius 1 is 1.23 bits per heavy atom. The molecule has 1 fully saturated rings. The van der Waals surface area contributed by atoms with E-state index in [1.54, 1.807) is 42.8 Å². The molecule has 2 aromatic heterocycles. The highest BCUT2D eigenvalue weighted by Gasteiger charge is 2.31. The van der Waals surface area contributed by atoms with E-state index in [1.807, 2.05) is 19.1 Å². The van der Waals surface area contributed by atoms with Gasteiger partial charge in [-0.2, -0.15) is 0 Å². The van der Waals surface area contributed by atoms with Crippen LogP contribution in [-0.2, 0) is 23.1 Å². The summed E-state index contributed by atoms with van der Waals surface area (Å²) in [4.78, 5) is 44.8. The van der Waals surface area contributed by atoms with Crippen LogP contribution in [0.1, 0.15) is 70.3 Å². The molecule has 31 heavy (non-hydrogen) atoms. The van der Waals surface area contributed by atoms with Gasteiger partial charge in [0.1, 0.15) is 5.69 Å². The molecule has 0 N–H and O–H groups in total. The molecule has 0 bridgehead atoms. The average Bonchev–Trinajstić information content (AvgIpc) is 3.35. The highest BCUT2D eigenvalue weighted by Crippen LogP contribution is 2.28. The highest BCUT2D eigenvalue weighted by molar-refractivity contribution is 6.04. The molecule has 2 heterocycles. The normalized spacial score (nSPS) is 13.9. The molecule has 0 unspecified atom stereocenters. The molecule has 1 aliphatic carbocycles. The number of hydrogen-bond donors (Lipinski definition) is 0. The number of ether oxygens (including phenoxy) is 1. The van der Waals surface area contributed by atoms with E-state index in [2.05, 4.69) is 4.98 Å². The standard InChI is InChI=1S/C24H31N3O4/c1-5-31-24(30)22-16(2)21(17(3)26(22)4)20(28)15-27(14-18-9-8-12-25-13-18)23(29)19-10-6-7-11-19/h8-9,12-13,19H,5-7,10-11,14-15H2,1-4H3. The van der Waals surface area contributed by atoms with Crippen molar-refractivity contribution in [2.45, 2.75) is 53.0 Å². The lowest BCUT2D eigenvalue weighted by molar-refractivity contribution is -0.135. The molecule has 1 aliphatic rings. The first-order valence-corrected chi connectivity index (χ1v) is 10.9. The molecule has 0 aromatic carbocycles. The molecule has 0 spiro atoms. The van der Waals surface area contributed by atoms with E-state index in [1.165, 1.54) is 0 Å². The highest BCUT2D eigenvalue weighted by atomic mass is 16.5. The Morgan fingerprint density at radius 2 is 1.94 bits per heavy atom. The Kier molecular flexibility index (Phi) is 7.25. The van der Waals surface area contributed by atoms with Crippen LogP contribution in [0.2, 0.25) is 0 Å². The van der Waals surface area contributed by atoms with Crippen molar-refractivity contribution >= 4 is 17.7 Å². The summed E-state index contributed by atoms with van der Waals surface area (Å²) in [6, 6.07) is 3.73. The molecule has 3 rings (SSSR count). The monoisotopic (exact) mass is 425 g/mol. The summed E-state index contributed by atoms with van der Waals surface area (Å²) in [6.07, 6.45) is 7.23. The maximum absolute atomic E-state index is 13.4. The van der Waals surface area contributed by atoms with Gasteiger partial charge in [0, 0.05) is 43.2 Å². The molecule has 7 nitrogen and oxygen atoms in total. The molecule has 0 atom stereocenters. The first-order chi connectivity index (χ1) is 14.8. The lowest BCUT2D eigenvalue weighted by atomic mass is 10.0. The number of nitrogens with zero attached hydrogens (tertiary/aromatic N) is 3. The summed E-state index contributed by atoms with van der Waals surface area (Å²) in [5.41, 5.74) is 3.04. The number of pyridine rings is 1.